The molecule has 0 radical (unpaired) electrons. The molecule has 1 aliphatic heterocycles. The molecular weight excluding hydrogens is 122 g/mol. The molecule has 0 N–H and O–H groups in total. The molecule has 1 aliphatic rings. The van der Waals surface area contributed by atoms with E-state index < -0.39 is 0 Å². The molecule has 1 heteroatoms. The summed E-state index contributed by atoms with van der Waals surface area (Å²) in [4.78, 5) is 3.96. The zero-order valence-corrected chi connectivity index (χ0v) is 5.41. The van der Waals surface area contributed by atoms with Crippen LogP contribution in [0.2, 0.25) is 0 Å². The number of rotatable bonds is 0. The average molecular weight is 128 g/mol. The van der Waals surface area contributed by atoms with E-state index in [1.54, 1.807) is 6.20 Å². The van der Waals surface area contributed by atoms with Crippen LogP contribution in [-0.2, 0) is 0 Å². The normalized spacial score (nSPS) is 12.4. The van der Waals surface area contributed by atoms with E-state index in [1.165, 1.54) is 0 Å². The third kappa shape index (κ3) is 0.734. The summed E-state index contributed by atoms with van der Waals surface area (Å²) in [7, 11) is 0. The number of aliphatic imine (C=N–C) groups is 1. The van der Waals surface area contributed by atoms with Crippen LogP contribution in [0.3, 0.4) is 0 Å². The summed E-state index contributed by atoms with van der Waals surface area (Å²) in [5.74, 6) is 0. The molecule has 10 heavy (non-hydrogen) atoms. The number of benzene rings is 1. The lowest BCUT2D eigenvalue weighted by Crippen LogP contribution is -1.89. The molecule has 0 spiro atoms. The van der Waals surface area contributed by atoms with Gasteiger partial charge in [-0.3, -0.25) is 0 Å². The maximum absolute atomic E-state index is 3.96. The van der Waals surface area contributed by atoms with Crippen molar-refractivity contribution in [3.05, 3.63) is 47.7 Å². The average Bonchev–Trinajstić information content (AvgIpc) is 2.05. The quantitative estimate of drug-likeness (QED) is 0.472. The minimum absolute atomic E-state index is 1.12. The van der Waals surface area contributed by atoms with E-state index in [0.717, 1.165) is 11.1 Å². The third-order valence-corrected chi connectivity index (χ3v) is 1.47. The molecule has 1 aromatic rings. The number of hydrogen-bond donors (Lipinski definition) is 0. The molecule has 0 fully saturated rings. The second kappa shape index (κ2) is 2.05. The van der Waals surface area contributed by atoms with E-state index >= 15 is 0 Å². The second-order valence-corrected chi connectivity index (χ2v) is 2.14. The Bertz CT molecular complexity index is 266. The van der Waals surface area contributed by atoms with Gasteiger partial charge in [0.2, 0.25) is 0 Å². The first kappa shape index (κ1) is 5.33. The molecular formula is C9H6N+. The van der Waals surface area contributed by atoms with Crippen molar-refractivity contribution < 1.29 is 0 Å². The maximum atomic E-state index is 3.96. The molecule has 0 saturated carbocycles. The monoisotopic (exact) mass is 128 g/mol. The summed E-state index contributed by atoms with van der Waals surface area (Å²) in [6.07, 6.45) is 6.56. The second-order valence-electron chi connectivity index (χ2n) is 2.14. The Morgan fingerprint density at radius 1 is 1.20 bits per heavy atom. The van der Waals surface area contributed by atoms with Gasteiger partial charge >= 0.3 is 0 Å². The summed E-state index contributed by atoms with van der Waals surface area (Å²) in [6.45, 7) is 0. The number of fused-ring (bicyclic) bond motifs is 1. The summed E-state index contributed by atoms with van der Waals surface area (Å²) < 4.78 is 0. The molecule has 46 valence electrons. The Morgan fingerprint density at radius 3 is 3.00 bits per heavy atom. The Labute approximate surface area is 59.7 Å². The summed E-state index contributed by atoms with van der Waals surface area (Å²) in [5, 5.41) is 0. The highest BCUT2D eigenvalue weighted by molar-refractivity contribution is 5.83. The van der Waals surface area contributed by atoms with Crippen LogP contribution in [0.25, 0.3) is 0 Å². The van der Waals surface area contributed by atoms with Crippen molar-refractivity contribution in [3.8, 4) is 0 Å². The summed E-state index contributed by atoms with van der Waals surface area (Å²) in [5.41, 5.74) is 2.27. The molecule has 0 aromatic heterocycles. The lowest BCUT2D eigenvalue weighted by atomic mass is 10.1. The first-order valence-corrected chi connectivity index (χ1v) is 3.17. The summed E-state index contributed by atoms with van der Waals surface area (Å²) >= 11 is 0. The minimum Gasteiger partial charge on any atom is -0.226 e. The van der Waals surface area contributed by atoms with Crippen molar-refractivity contribution in [2.24, 2.45) is 4.99 Å². The van der Waals surface area contributed by atoms with Crippen molar-refractivity contribution in [1.29, 1.82) is 0 Å². The molecule has 0 atom stereocenters. The maximum Gasteiger partial charge on any atom is 0.199 e. The highest BCUT2D eigenvalue weighted by Gasteiger charge is 2.07. The van der Waals surface area contributed by atoms with Crippen LogP contribution in [0.4, 0.5) is 0 Å². The predicted octanol–water partition coefficient (Wildman–Crippen LogP) is 1.78. The highest BCUT2D eigenvalue weighted by atomic mass is 14.7. The SMILES string of the molecule is [C+]1=CN=Cc2ccccc21. The van der Waals surface area contributed by atoms with Gasteiger partial charge in [0.05, 0.1) is 18.4 Å². The molecule has 2 rings (SSSR count). The molecule has 0 aliphatic carbocycles. The van der Waals surface area contributed by atoms with Gasteiger partial charge in [-0.1, -0.05) is 0 Å². The fourth-order valence-electron chi connectivity index (χ4n) is 0.965. The van der Waals surface area contributed by atoms with Crippen LogP contribution in [0.5, 0.6) is 0 Å². The largest absolute Gasteiger partial charge is 0.226 e. The van der Waals surface area contributed by atoms with Crippen LogP contribution in [0, 0.1) is 6.08 Å². The molecule has 0 amide bonds. The smallest absolute Gasteiger partial charge is 0.199 e. The molecule has 0 saturated heterocycles. The van der Waals surface area contributed by atoms with E-state index in [4.69, 9.17) is 0 Å². The standard InChI is InChI=1S/C9H6N/c1-2-4-9-7-10-6-5-8(9)3-1/h1-4,6-7H/q+1. The van der Waals surface area contributed by atoms with Crippen LogP contribution in [-0.4, -0.2) is 6.21 Å². The van der Waals surface area contributed by atoms with Gasteiger partial charge in [0.25, 0.3) is 0 Å². The van der Waals surface area contributed by atoms with Gasteiger partial charge in [-0.25, -0.2) is 4.99 Å². The van der Waals surface area contributed by atoms with Crippen molar-refractivity contribution >= 4 is 6.21 Å². The first-order chi connectivity index (χ1) is 4.97. The Balaban J connectivity index is 2.65. The number of nitrogens with zero attached hydrogens (tertiary/aromatic N) is 1. The third-order valence-electron chi connectivity index (χ3n) is 1.47. The molecule has 1 aromatic carbocycles. The highest BCUT2D eigenvalue weighted by Crippen LogP contribution is 2.09. The van der Waals surface area contributed by atoms with Crippen molar-refractivity contribution in [2.45, 2.75) is 0 Å². The number of hydrogen-bond acceptors (Lipinski definition) is 1. The van der Waals surface area contributed by atoms with Crippen LogP contribution in [0.1, 0.15) is 11.1 Å². The van der Waals surface area contributed by atoms with Gasteiger partial charge in [-0.15, -0.1) is 0 Å². The molecule has 1 nitrogen and oxygen atoms in total. The van der Waals surface area contributed by atoms with Gasteiger partial charge in [-0.2, -0.15) is 0 Å². The van der Waals surface area contributed by atoms with Gasteiger partial charge in [-0.05, 0) is 12.1 Å². The van der Waals surface area contributed by atoms with Crippen LogP contribution < -0.4 is 0 Å². The zero-order chi connectivity index (χ0) is 6.81. The predicted molar refractivity (Wildman–Crippen MR) is 41.0 cm³/mol. The minimum atomic E-state index is 1.12. The van der Waals surface area contributed by atoms with Crippen molar-refractivity contribution in [3.63, 3.8) is 0 Å². The topological polar surface area (TPSA) is 12.4 Å². The Morgan fingerprint density at radius 2 is 2.10 bits per heavy atom. The Hall–Kier alpha value is -1.46. The van der Waals surface area contributed by atoms with E-state index in [0.29, 0.717) is 0 Å². The molecule has 0 unspecified atom stereocenters. The van der Waals surface area contributed by atoms with E-state index in [-0.39, 0.29) is 0 Å². The van der Waals surface area contributed by atoms with Crippen LogP contribution in [0.15, 0.2) is 35.5 Å². The van der Waals surface area contributed by atoms with Gasteiger partial charge in [0.1, 0.15) is 11.8 Å². The fraction of sp³-hybridized carbons (Fsp3) is 0. The summed E-state index contributed by atoms with van der Waals surface area (Å²) in [6, 6.07) is 8.05. The van der Waals surface area contributed by atoms with Crippen LogP contribution >= 0.6 is 0 Å². The van der Waals surface area contributed by atoms with E-state index in [2.05, 4.69) is 11.1 Å². The fourth-order valence-corrected chi connectivity index (χ4v) is 0.965. The van der Waals surface area contributed by atoms with Crippen molar-refractivity contribution in [1.82, 2.24) is 0 Å². The molecule has 1 heterocycles. The van der Waals surface area contributed by atoms with Gasteiger partial charge in [0.15, 0.2) is 5.56 Å². The zero-order valence-electron chi connectivity index (χ0n) is 5.41. The van der Waals surface area contributed by atoms with E-state index in [1.807, 2.05) is 30.5 Å². The lowest BCUT2D eigenvalue weighted by Gasteiger charge is -1.90. The van der Waals surface area contributed by atoms with Gasteiger partial charge in [0, 0.05) is 6.07 Å². The lowest BCUT2D eigenvalue weighted by molar-refractivity contribution is 1.43. The molecule has 0 bridgehead atoms. The van der Waals surface area contributed by atoms with Gasteiger partial charge < -0.3 is 0 Å². The van der Waals surface area contributed by atoms with E-state index in [9.17, 15) is 0 Å². The first-order valence-electron chi connectivity index (χ1n) is 3.17. The Kier molecular flexibility index (Phi) is 1.09. The van der Waals surface area contributed by atoms with Crippen molar-refractivity contribution in [2.75, 3.05) is 0 Å².